The third kappa shape index (κ3) is 6.28. The number of hydrogen-bond donors (Lipinski definition) is 2. The molecule has 2 N–H and O–H groups in total. The van der Waals surface area contributed by atoms with Gasteiger partial charge < -0.3 is 15.0 Å². The van der Waals surface area contributed by atoms with E-state index in [0.29, 0.717) is 28.2 Å². The molecular weight excluding hydrogens is 479 g/mol. The fourth-order valence-corrected chi connectivity index (χ4v) is 4.25. The van der Waals surface area contributed by atoms with E-state index in [4.69, 9.17) is 23.2 Å². The summed E-state index contributed by atoms with van der Waals surface area (Å²) in [6.45, 7) is 0.547. The van der Waals surface area contributed by atoms with Crippen LogP contribution in [0, 0.1) is 0 Å². The molecule has 0 bridgehead atoms. The van der Waals surface area contributed by atoms with E-state index in [1.807, 2.05) is 59.2 Å². The number of nitrogens with one attached hydrogen (secondary N) is 1. The number of nitrogens with zero attached hydrogens (tertiary/aromatic N) is 3. The van der Waals surface area contributed by atoms with Gasteiger partial charge in [-0.2, -0.15) is 0 Å². The van der Waals surface area contributed by atoms with Gasteiger partial charge in [0.1, 0.15) is 11.6 Å². The Kier molecular flexibility index (Phi) is 7.54. The molecule has 3 aromatic carbocycles. The molecule has 9 heteroatoms. The SMILES string of the molecule is O=C(CSc1nnc(Cc2ccccc2)n1Cc1ccc(Cl)cc1)Nc1cc(Cl)ccc1O. The lowest BCUT2D eigenvalue weighted by atomic mass is 10.1. The van der Waals surface area contributed by atoms with Crippen molar-refractivity contribution in [3.8, 4) is 5.75 Å². The molecule has 0 atom stereocenters. The van der Waals surface area contributed by atoms with E-state index >= 15 is 0 Å². The first kappa shape index (κ1) is 23.2. The molecule has 1 heterocycles. The number of benzene rings is 3. The van der Waals surface area contributed by atoms with Crippen LogP contribution in [-0.4, -0.2) is 31.5 Å². The summed E-state index contributed by atoms with van der Waals surface area (Å²) in [6.07, 6.45) is 0.616. The molecule has 4 rings (SSSR count). The quantitative estimate of drug-likeness (QED) is 0.242. The van der Waals surface area contributed by atoms with Gasteiger partial charge in [-0.1, -0.05) is 77.4 Å². The zero-order valence-electron chi connectivity index (χ0n) is 17.4. The van der Waals surface area contributed by atoms with Crippen molar-refractivity contribution in [1.82, 2.24) is 14.8 Å². The average molecular weight is 499 g/mol. The molecule has 1 amide bonds. The summed E-state index contributed by atoms with van der Waals surface area (Å²) >= 11 is 13.3. The topological polar surface area (TPSA) is 80.0 Å². The number of amides is 1. The van der Waals surface area contributed by atoms with Crippen molar-refractivity contribution in [2.45, 2.75) is 18.1 Å². The number of phenolic OH excluding ortho intramolecular Hbond substituents is 1. The van der Waals surface area contributed by atoms with E-state index in [1.165, 1.54) is 23.9 Å². The first-order valence-electron chi connectivity index (χ1n) is 10.1. The lowest BCUT2D eigenvalue weighted by molar-refractivity contribution is -0.113. The van der Waals surface area contributed by atoms with Crippen LogP contribution in [-0.2, 0) is 17.8 Å². The van der Waals surface area contributed by atoms with Crippen molar-refractivity contribution in [2.75, 3.05) is 11.1 Å². The van der Waals surface area contributed by atoms with Crippen LogP contribution in [0.2, 0.25) is 10.0 Å². The van der Waals surface area contributed by atoms with E-state index in [9.17, 15) is 9.90 Å². The molecule has 0 aliphatic carbocycles. The molecular formula is C24H20Cl2N4O2S. The number of aromatic hydroxyl groups is 1. The maximum atomic E-state index is 12.5. The summed E-state index contributed by atoms with van der Waals surface area (Å²) in [5.74, 6) is 0.555. The molecule has 6 nitrogen and oxygen atoms in total. The minimum atomic E-state index is -0.289. The van der Waals surface area contributed by atoms with Crippen LogP contribution in [0.1, 0.15) is 17.0 Å². The second kappa shape index (κ2) is 10.7. The highest BCUT2D eigenvalue weighted by molar-refractivity contribution is 7.99. The zero-order chi connectivity index (χ0) is 23.2. The number of carbonyl (C=O) groups excluding carboxylic acids is 1. The fraction of sp³-hybridized carbons (Fsp3) is 0.125. The van der Waals surface area contributed by atoms with Gasteiger partial charge in [-0.25, -0.2) is 0 Å². The highest BCUT2D eigenvalue weighted by Gasteiger charge is 2.16. The van der Waals surface area contributed by atoms with Crippen molar-refractivity contribution in [3.63, 3.8) is 0 Å². The van der Waals surface area contributed by atoms with E-state index in [1.54, 1.807) is 6.07 Å². The Hall–Kier alpha value is -3.00. The van der Waals surface area contributed by atoms with Crippen molar-refractivity contribution >= 4 is 46.6 Å². The van der Waals surface area contributed by atoms with Gasteiger partial charge >= 0.3 is 0 Å². The van der Waals surface area contributed by atoms with E-state index < -0.39 is 0 Å². The summed E-state index contributed by atoms with van der Waals surface area (Å²) < 4.78 is 2.01. The molecule has 0 aliphatic rings. The number of carbonyl (C=O) groups is 1. The fourth-order valence-electron chi connectivity index (χ4n) is 3.19. The predicted octanol–water partition coefficient (Wildman–Crippen LogP) is 5.66. The molecule has 1 aromatic heterocycles. The number of rotatable bonds is 8. The molecule has 0 spiro atoms. The van der Waals surface area contributed by atoms with Crippen LogP contribution in [0.3, 0.4) is 0 Å². The highest BCUT2D eigenvalue weighted by Crippen LogP contribution is 2.27. The zero-order valence-corrected chi connectivity index (χ0v) is 19.7. The molecule has 4 aromatic rings. The van der Waals surface area contributed by atoms with Gasteiger partial charge in [-0.15, -0.1) is 10.2 Å². The van der Waals surface area contributed by atoms with Crippen LogP contribution >= 0.6 is 35.0 Å². The Morgan fingerprint density at radius 2 is 1.67 bits per heavy atom. The summed E-state index contributed by atoms with van der Waals surface area (Å²) in [7, 11) is 0. The first-order chi connectivity index (χ1) is 16.0. The molecule has 0 fully saturated rings. The molecule has 0 saturated carbocycles. The minimum Gasteiger partial charge on any atom is -0.506 e. The van der Waals surface area contributed by atoms with Crippen molar-refractivity contribution < 1.29 is 9.90 Å². The van der Waals surface area contributed by atoms with Crippen LogP contribution in [0.25, 0.3) is 0 Å². The molecule has 168 valence electrons. The normalized spacial score (nSPS) is 10.8. The third-order valence-corrected chi connectivity index (χ3v) is 6.27. The Labute approximate surface area is 205 Å². The number of halogens is 2. The maximum absolute atomic E-state index is 12.5. The molecule has 0 radical (unpaired) electrons. The van der Waals surface area contributed by atoms with Gasteiger partial charge in [-0.3, -0.25) is 4.79 Å². The smallest absolute Gasteiger partial charge is 0.234 e. The van der Waals surface area contributed by atoms with Crippen LogP contribution in [0.15, 0.2) is 78.0 Å². The number of hydrogen-bond acceptors (Lipinski definition) is 5. The van der Waals surface area contributed by atoms with E-state index in [0.717, 1.165) is 17.0 Å². The number of thioether (sulfide) groups is 1. The van der Waals surface area contributed by atoms with E-state index in [-0.39, 0.29) is 23.1 Å². The van der Waals surface area contributed by atoms with Gasteiger partial charge in [0.05, 0.1) is 18.0 Å². The maximum Gasteiger partial charge on any atom is 0.234 e. The summed E-state index contributed by atoms with van der Waals surface area (Å²) in [5.41, 5.74) is 2.43. The highest BCUT2D eigenvalue weighted by atomic mass is 35.5. The van der Waals surface area contributed by atoms with Crippen LogP contribution < -0.4 is 5.32 Å². The summed E-state index contributed by atoms with van der Waals surface area (Å²) in [5, 5.41) is 23.0. The molecule has 33 heavy (non-hydrogen) atoms. The second-order valence-electron chi connectivity index (χ2n) is 7.27. The Balaban J connectivity index is 1.51. The van der Waals surface area contributed by atoms with Crippen molar-refractivity contribution in [3.05, 3.63) is 99.8 Å². The monoisotopic (exact) mass is 498 g/mol. The lowest BCUT2D eigenvalue weighted by Crippen LogP contribution is -2.15. The molecule has 0 aliphatic heterocycles. The average Bonchev–Trinajstić information content (AvgIpc) is 3.18. The standard InChI is InChI=1S/C24H20Cl2N4O2S/c25-18-8-6-17(7-9-18)14-30-22(12-16-4-2-1-3-5-16)28-29-24(30)33-15-23(32)27-20-13-19(26)10-11-21(20)31/h1-11,13,31H,12,14-15H2,(H,27,32). The van der Waals surface area contributed by atoms with Crippen LogP contribution in [0.4, 0.5) is 5.69 Å². The Bertz CT molecular complexity index is 1250. The predicted molar refractivity (Wildman–Crippen MR) is 132 cm³/mol. The minimum absolute atomic E-state index is 0.0474. The van der Waals surface area contributed by atoms with Gasteiger partial charge in [-0.05, 0) is 41.5 Å². The molecule has 0 unspecified atom stereocenters. The van der Waals surface area contributed by atoms with Gasteiger partial charge in [0.15, 0.2) is 5.16 Å². The van der Waals surface area contributed by atoms with Crippen molar-refractivity contribution in [1.29, 1.82) is 0 Å². The third-order valence-electron chi connectivity index (χ3n) is 4.82. The number of phenols is 1. The Morgan fingerprint density at radius 1 is 0.939 bits per heavy atom. The number of aromatic nitrogens is 3. The first-order valence-corrected chi connectivity index (χ1v) is 11.8. The van der Waals surface area contributed by atoms with Gasteiger partial charge in [0.2, 0.25) is 5.91 Å². The Morgan fingerprint density at radius 3 is 2.42 bits per heavy atom. The molecule has 0 saturated heterocycles. The van der Waals surface area contributed by atoms with Crippen LogP contribution in [0.5, 0.6) is 5.75 Å². The van der Waals surface area contributed by atoms with Crippen molar-refractivity contribution in [2.24, 2.45) is 0 Å². The van der Waals surface area contributed by atoms with Gasteiger partial charge in [0.25, 0.3) is 0 Å². The lowest BCUT2D eigenvalue weighted by Gasteiger charge is -2.11. The second-order valence-corrected chi connectivity index (χ2v) is 9.09. The largest absolute Gasteiger partial charge is 0.506 e. The van der Waals surface area contributed by atoms with E-state index in [2.05, 4.69) is 15.5 Å². The summed E-state index contributed by atoms with van der Waals surface area (Å²) in [4.78, 5) is 12.5. The van der Waals surface area contributed by atoms with Gasteiger partial charge in [0, 0.05) is 16.5 Å². The number of anilines is 1. The summed E-state index contributed by atoms with van der Waals surface area (Å²) in [6, 6.07) is 22.1.